The number of carbonyl (C=O) groups is 1. The van der Waals surface area contributed by atoms with Crippen LogP contribution in [0.1, 0.15) is 31.7 Å². The van der Waals surface area contributed by atoms with Crippen LogP contribution in [0.3, 0.4) is 0 Å². The van der Waals surface area contributed by atoms with Gasteiger partial charge in [0.1, 0.15) is 0 Å². The van der Waals surface area contributed by atoms with Gasteiger partial charge in [-0.05, 0) is 31.4 Å². The molecule has 1 heterocycles. The molecule has 1 aliphatic rings. The van der Waals surface area contributed by atoms with Crippen LogP contribution in [0.15, 0.2) is 24.3 Å². The predicted octanol–water partition coefficient (Wildman–Crippen LogP) is 1.99. The second kappa shape index (κ2) is 6.67. The third kappa shape index (κ3) is 3.58. The van der Waals surface area contributed by atoms with Crippen LogP contribution in [0.4, 0.5) is 5.69 Å². The summed E-state index contributed by atoms with van der Waals surface area (Å²) in [4.78, 5) is 22.6. The SMILES string of the molecule is CCC1(C(=O)NCc2ccc([N+](=O)[O-])cc2)CCCNC1. The van der Waals surface area contributed by atoms with Crippen molar-refractivity contribution in [2.75, 3.05) is 13.1 Å². The highest BCUT2D eigenvalue weighted by molar-refractivity contribution is 5.83. The van der Waals surface area contributed by atoms with Gasteiger partial charge in [-0.1, -0.05) is 19.1 Å². The van der Waals surface area contributed by atoms with E-state index in [2.05, 4.69) is 10.6 Å². The van der Waals surface area contributed by atoms with E-state index in [9.17, 15) is 14.9 Å². The summed E-state index contributed by atoms with van der Waals surface area (Å²) in [6.45, 7) is 4.13. The van der Waals surface area contributed by atoms with Crippen molar-refractivity contribution in [2.45, 2.75) is 32.7 Å². The van der Waals surface area contributed by atoms with Crippen LogP contribution < -0.4 is 10.6 Å². The van der Waals surface area contributed by atoms with Crippen molar-refractivity contribution in [3.05, 3.63) is 39.9 Å². The Labute approximate surface area is 124 Å². The maximum absolute atomic E-state index is 12.4. The van der Waals surface area contributed by atoms with Crippen LogP contribution >= 0.6 is 0 Å². The van der Waals surface area contributed by atoms with Crippen molar-refractivity contribution in [3.8, 4) is 0 Å². The number of piperidine rings is 1. The summed E-state index contributed by atoms with van der Waals surface area (Å²) < 4.78 is 0. The van der Waals surface area contributed by atoms with E-state index in [1.807, 2.05) is 6.92 Å². The maximum Gasteiger partial charge on any atom is 0.269 e. The first-order valence-electron chi connectivity index (χ1n) is 7.30. The lowest BCUT2D eigenvalue weighted by Crippen LogP contribution is -2.50. The second-order valence-corrected chi connectivity index (χ2v) is 5.52. The molecule has 1 fully saturated rings. The van der Waals surface area contributed by atoms with E-state index in [0.717, 1.165) is 37.9 Å². The van der Waals surface area contributed by atoms with Gasteiger partial charge in [-0.15, -0.1) is 0 Å². The Morgan fingerprint density at radius 2 is 2.14 bits per heavy atom. The molecule has 114 valence electrons. The summed E-state index contributed by atoms with van der Waals surface area (Å²) in [6.07, 6.45) is 2.73. The number of nitro groups is 1. The number of amides is 1. The lowest BCUT2D eigenvalue weighted by molar-refractivity contribution is -0.384. The Balaban J connectivity index is 1.95. The number of hydrogen-bond acceptors (Lipinski definition) is 4. The van der Waals surface area contributed by atoms with Crippen molar-refractivity contribution in [2.24, 2.45) is 5.41 Å². The summed E-state index contributed by atoms with van der Waals surface area (Å²) in [6, 6.07) is 6.27. The van der Waals surface area contributed by atoms with Gasteiger partial charge in [0.15, 0.2) is 0 Å². The van der Waals surface area contributed by atoms with E-state index >= 15 is 0 Å². The number of hydrogen-bond donors (Lipinski definition) is 2. The Bertz CT molecular complexity index is 507. The Morgan fingerprint density at radius 3 is 2.67 bits per heavy atom. The van der Waals surface area contributed by atoms with Crippen LogP contribution in [0, 0.1) is 15.5 Å². The highest BCUT2D eigenvalue weighted by atomic mass is 16.6. The minimum Gasteiger partial charge on any atom is -0.352 e. The zero-order valence-corrected chi connectivity index (χ0v) is 12.2. The topological polar surface area (TPSA) is 84.3 Å². The molecule has 1 unspecified atom stereocenters. The van der Waals surface area contributed by atoms with Crippen LogP contribution in [-0.4, -0.2) is 23.9 Å². The molecule has 0 saturated carbocycles. The van der Waals surface area contributed by atoms with Gasteiger partial charge in [0.2, 0.25) is 5.91 Å². The zero-order valence-electron chi connectivity index (χ0n) is 12.2. The summed E-state index contributed by atoms with van der Waals surface area (Å²) in [5, 5.41) is 16.8. The van der Waals surface area contributed by atoms with Gasteiger partial charge in [-0.25, -0.2) is 0 Å². The van der Waals surface area contributed by atoms with Gasteiger partial charge in [-0.3, -0.25) is 14.9 Å². The summed E-state index contributed by atoms with van der Waals surface area (Å²) >= 11 is 0. The molecule has 1 aliphatic heterocycles. The van der Waals surface area contributed by atoms with E-state index in [-0.39, 0.29) is 17.0 Å². The fraction of sp³-hybridized carbons (Fsp3) is 0.533. The Morgan fingerprint density at radius 1 is 1.43 bits per heavy atom. The van der Waals surface area contributed by atoms with Crippen LogP contribution in [0.25, 0.3) is 0 Å². The van der Waals surface area contributed by atoms with E-state index in [1.54, 1.807) is 12.1 Å². The fourth-order valence-electron chi connectivity index (χ4n) is 2.73. The van der Waals surface area contributed by atoms with Gasteiger partial charge in [0.25, 0.3) is 5.69 Å². The average molecular weight is 291 g/mol. The number of non-ortho nitro benzene ring substituents is 1. The summed E-state index contributed by atoms with van der Waals surface area (Å²) in [5.74, 6) is 0.0653. The molecule has 0 bridgehead atoms. The first-order valence-corrected chi connectivity index (χ1v) is 7.30. The van der Waals surface area contributed by atoms with Crippen molar-refractivity contribution >= 4 is 11.6 Å². The number of nitro benzene ring substituents is 1. The van der Waals surface area contributed by atoms with E-state index in [4.69, 9.17) is 0 Å². The molecule has 0 spiro atoms. The van der Waals surface area contributed by atoms with Gasteiger partial charge in [0, 0.05) is 25.2 Å². The number of rotatable bonds is 5. The average Bonchev–Trinajstić information content (AvgIpc) is 2.53. The maximum atomic E-state index is 12.4. The highest BCUT2D eigenvalue weighted by Gasteiger charge is 2.37. The minimum absolute atomic E-state index is 0.0617. The number of carbonyl (C=O) groups excluding carboxylic acids is 1. The molecule has 2 rings (SSSR count). The van der Waals surface area contributed by atoms with Crippen molar-refractivity contribution in [1.82, 2.24) is 10.6 Å². The molecule has 6 heteroatoms. The predicted molar refractivity (Wildman–Crippen MR) is 79.8 cm³/mol. The van der Waals surface area contributed by atoms with Crippen LogP contribution in [0.2, 0.25) is 0 Å². The Hall–Kier alpha value is -1.95. The lowest BCUT2D eigenvalue weighted by Gasteiger charge is -2.35. The van der Waals surface area contributed by atoms with Crippen LogP contribution in [-0.2, 0) is 11.3 Å². The Kier molecular flexibility index (Phi) is 4.90. The fourth-order valence-corrected chi connectivity index (χ4v) is 2.73. The zero-order chi connectivity index (χ0) is 15.3. The monoisotopic (exact) mass is 291 g/mol. The molecule has 1 saturated heterocycles. The third-order valence-corrected chi connectivity index (χ3v) is 4.23. The molecule has 0 radical (unpaired) electrons. The normalized spacial score (nSPS) is 21.8. The number of benzene rings is 1. The highest BCUT2D eigenvalue weighted by Crippen LogP contribution is 2.30. The molecular formula is C15H21N3O3. The third-order valence-electron chi connectivity index (χ3n) is 4.23. The smallest absolute Gasteiger partial charge is 0.269 e. The van der Waals surface area contributed by atoms with E-state index in [0.29, 0.717) is 6.54 Å². The molecule has 1 aromatic rings. The van der Waals surface area contributed by atoms with Gasteiger partial charge in [0.05, 0.1) is 10.3 Å². The molecule has 1 amide bonds. The van der Waals surface area contributed by atoms with E-state index in [1.165, 1.54) is 12.1 Å². The van der Waals surface area contributed by atoms with Gasteiger partial charge < -0.3 is 10.6 Å². The first kappa shape index (κ1) is 15.4. The minimum atomic E-state index is -0.428. The standard InChI is InChI=1S/C15H21N3O3/c1-2-15(8-3-9-16-11-15)14(19)17-10-12-4-6-13(7-5-12)18(20)21/h4-7,16H,2-3,8-11H2,1H3,(H,17,19). The molecule has 1 aromatic carbocycles. The van der Waals surface area contributed by atoms with Crippen molar-refractivity contribution in [1.29, 1.82) is 0 Å². The molecule has 1 atom stereocenters. The lowest BCUT2D eigenvalue weighted by atomic mass is 9.77. The summed E-state index contributed by atoms with van der Waals surface area (Å²) in [7, 11) is 0. The number of nitrogens with one attached hydrogen (secondary N) is 2. The second-order valence-electron chi connectivity index (χ2n) is 5.52. The van der Waals surface area contributed by atoms with Gasteiger partial charge >= 0.3 is 0 Å². The quantitative estimate of drug-likeness (QED) is 0.642. The summed E-state index contributed by atoms with van der Waals surface area (Å²) in [5.41, 5.74) is 0.606. The van der Waals surface area contributed by atoms with Gasteiger partial charge in [-0.2, -0.15) is 0 Å². The van der Waals surface area contributed by atoms with Crippen molar-refractivity contribution in [3.63, 3.8) is 0 Å². The molecule has 0 aliphatic carbocycles. The van der Waals surface area contributed by atoms with Crippen LogP contribution in [0.5, 0.6) is 0 Å². The molecule has 6 nitrogen and oxygen atoms in total. The molecular weight excluding hydrogens is 270 g/mol. The molecule has 21 heavy (non-hydrogen) atoms. The number of nitrogens with zero attached hydrogens (tertiary/aromatic N) is 1. The van der Waals surface area contributed by atoms with E-state index < -0.39 is 4.92 Å². The first-order chi connectivity index (χ1) is 10.1. The molecule has 0 aromatic heterocycles. The van der Waals surface area contributed by atoms with Crippen molar-refractivity contribution < 1.29 is 9.72 Å². The largest absolute Gasteiger partial charge is 0.352 e. The molecule has 2 N–H and O–H groups in total.